The van der Waals surface area contributed by atoms with Crippen LogP contribution in [0.3, 0.4) is 0 Å². The van der Waals surface area contributed by atoms with Crippen molar-refractivity contribution in [3.63, 3.8) is 0 Å². The predicted molar refractivity (Wildman–Crippen MR) is 239 cm³/mol. The Morgan fingerprint density at radius 1 is 0.901 bits per heavy atom. The smallest absolute Gasteiger partial charge is 0.346 e. The van der Waals surface area contributed by atoms with E-state index in [1.54, 1.807) is 0 Å². The summed E-state index contributed by atoms with van der Waals surface area (Å²) in [4.78, 5) is 32.6. The normalized spacial score (nSPS) is 17.5. The van der Waals surface area contributed by atoms with Gasteiger partial charge in [0.05, 0.1) is 33.9 Å². The maximum atomic E-state index is 15.8. The van der Waals surface area contributed by atoms with E-state index in [1.165, 1.54) is 46.8 Å². The lowest BCUT2D eigenvalue weighted by molar-refractivity contribution is -0.144. The molecule has 0 bridgehead atoms. The maximum absolute atomic E-state index is 15.8. The third kappa shape index (κ3) is 10.3. The van der Waals surface area contributed by atoms with Gasteiger partial charge in [-0.2, -0.15) is 49.6 Å². The van der Waals surface area contributed by atoms with E-state index in [-0.39, 0.29) is 44.2 Å². The molecule has 26 heteroatoms. The monoisotopic (exact) mass is 1070 g/mol. The largest absolute Gasteiger partial charge is 0.435 e. The third-order valence-electron chi connectivity index (χ3n) is 12.1. The Bertz CT molecular complexity index is 3300. The van der Waals surface area contributed by atoms with Crippen LogP contribution in [0.2, 0.25) is 5.02 Å². The standard InChI is InChI=1S/C45H42ClF10N7O6S2/c1-41(2,3)40(65)63(71(7,68)69)39-34-30(46)13-11-27(36(34)62(60-39)21-43(49,50)51)26-9-8-25(14-15-42(4,5)70(6,66)67)57-35(26)31(18-22-16-23(47)19-24(48)17-22)58-32(64)20-61-38-33(37(59-61)45(54,55)56)28-10-12-29(28)44(38,52)53/h8-9,11,13,16-17,19,28-29,31H,10,12,18,20-21H2,1-7H3,(H,58,64)/t28-,29+,31-/m0/s1. The van der Waals surface area contributed by atoms with E-state index in [2.05, 4.69) is 32.3 Å². The molecule has 1 saturated carbocycles. The zero-order valence-electron chi connectivity index (χ0n) is 38.4. The molecule has 2 aliphatic rings. The van der Waals surface area contributed by atoms with Gasteiger partial charge < -0.3 is 5.32 Å². The molecule has 2 amide bonds. The van der Waals surface area contributed by atoms with Crippen molar-refractivity contribution in [1.82, 2.24) is 29.9 Å². The Hall–Kier alpha value is -5.74. The van der Waals surface area contributed by atoms with Gasteiger partial charge in [0.15, 0.2) is 21.3 Å². The van der Waals surface area contributed by atoms with Gasteiger partial charge in [-0.1, -0.05) is 44.4 Å². The summed E-state index contributed by atoms with van der Waals surface area (Å²) in [5.41, 5.74) is -7.12. The number of alkyl halides is 8. The Morgan fingerprint density at radius 3 is 2.06 bits per heavy atom. The highest BCUT2D eigenvalue weighted by Gasteiger charge is 2.63. The predicted octanol–water partition coefficient (Wildman–Crippen LogP) is 9.02. The van der Waals surface area contributed by atoms with E-state index in [1.807, 2.05) is 0 Å². The molecule has 2 aliphatic carbocycles. The van der Waals surface area contributed by atoms with Gasteiger partial charge in [-0.15, -0.1) is 0 Å². The number of nitrogens with one attached hydrogen (secondary N) is 1. The van der Waals surface area contributed by atoms with Crippen molar-refractivity contribution < 1.29 is 70.3 Å². The number of benzene rings is 2. The first-order valence-electron chi connectivity index (χ1n) is 21.3. The van der Waals surface area contributed by atoms with Crippen molar-refractivity contribution in [1.29, 1.82) is 0 Å². The summed E-state index contributed by atoms with van der Waals surface area (Å²) in [5, 5.41) is 8.92. The summed E-state index contributed by atoms with van der Waals surface area (Å²) >= 11 is 6.65. The number of rotatable bonds is 11. The quantitative estimate of drug-likeness (QED) is 0.100. The molecule has 0 aliphatic heterocycles. The number of anilines is 1. The number of aromatic nitrogens is 5. The van der Waals surface area contributed by atoms with Crippen molar-refractivity contribution in [3.8, 4) is 23.0 Å². The minimum Gasteiger partial charge on any atom is -0.346 e. The number of carbonyl (C=O) groups is 2. The Morgan fingerprint density at radius 2 is 1.52 bits per heavy atom. The topological polar surface area (TPSA) is 166 Å². The summed E-state index contributed by atoms with van der Waals surface area (Å²) in [5.74, 6) is -6.99. The second-order valence-corrected chi connectivity index (χ2v) is 23.7. The molecule has 0 spiro atoms. The number of hydrogen-bond acceptors (Lipinski definition) is 9. The van der Waals surface area contributed by atoms with Crippen molar-refractivity contribution in [2.75, 3.05) is 16.8 Å². The van der Waals surface area contributed by atoms with Crippen LogP contribution in [0.4, 0.5) is 49.7 Å². The molecule has 3 atom stereocenters. The average molecular weight is 1070 g/mol. The van der Waals surface area contributed by atoms with E-state index in [4.69, 9.17) is 11.6 Å². The second kappa shape index (κ2) is 17.8. The van der Waals surface area contributed by atoms with Crippen LogP contribution >= 0.6 is 11.6 Å². The number of amides is 2. The van der Waals surface area contributed by atoms with Crippen LogP contribution in [-0.4, -0.2) is 76.6 Å². The average Bonchev–Trinajstić information content (AvgIpc) is 3.77. The number of hydrogen-bond donors (Lipinski definition) is 1. The first-order valence-corrected chi connectivity index (χ1v) is 25.4. The van der Waals surface area contributed by atoms with Gasteiger partial charge in [0.2, 0.25) is 21.8 Å². The van der Waals surface area contributed by atoms with Crippen LogP contribution in [0.5, 0.6) is 0 Å². The van der Waals surface area contributed by atoms with Crippen LogP contribution < -0.4 is 9.62 Å². The van der Waals surface area contributed by atoms with Crippen LogP contribution in [-0.2, 0) is 61.1 Å². The third-order valence-corrected chi connectivity index (χ3v) is 15.4. The number of nitrogens with zero attached hydrogens (tertiary/aromatic N) is 6. The van der Waals surface area contributed by atoms with Gasteiger partial charge in [-0.3, -0.25) is 19.0 Å². The molecule has 5 aromatic rings. The Balaban J connectivity index is 1.50. The minimum atomic E-state index is -5.22. The Kier molecular flexibility index (Phi) is 13.3. The van der Waals surface area contributed by atoms with Gasteiger partial charge in [-0.25, -0.2) is 30.6 Å². The number of pyridine rings is 1. The summed E-state index contributed by atoms with van der Waals surface area (Å²) < 4.78 is 199. The van der Waals surface area contributed by atoms with Gasteiger partial charge >= 0.3 is 12.4 Å². The van der Waals surface area contributed by atoms with Gasteiger partial charge in [0, 0.05) is 40.3 Å². The number of sulfone groups is 1. The van der Waals surface area contributed by atoms with Crippen molar-refractivity contribution >= 4 is 60.0 Å². The van der Waals surface area contributed by atoms with E-state index in [0.717, 1.165) is 30.5 Å². The van der Waals surface area contributed by atoms with Crippen LogP contribution in [0.15, 0.2) is 42.5 Å². The molecule has 1 fully saturated rings. The lowest BCUT2D eigenvalue weighted by Crippen LogP contribution is -2.43. The fourth-order valence-corrected chi connectivity index (χ4v) is 9.96. The molecule has 0 unspecified atom stereocenters. The highest BCUT2D eigenvalue weighted by Crippen LogP contribution is 2.64. The number of carbonyl (C=O) groups excluding carboxylic acids is 2. The molecule has 13 nitrogen and oxygen atoms in total. The second-order valence-electron chi connectivity index (χ2n) is 18.9. The van der Waals surface area contributed by atoms with E-state index < -0.39 is 154 Å². The van der Waals surface area contributed by atoms with Crippen LogP contribution in [0, 0.1) is 34.8 Å². The molecule has 7 rings (SSSR count). The molecule has 1 N–H and O–H groups in total. The SMILES string of the molecule is CC(C)(C)C(=O)N(c1nn(CC(F)(F)F)c2c(-c3ccc(C#CC(C)(C)S(C)(=O)=O)nc3[C@H](Cc3cc(F)cc(F)c3)NC(=O)Cn3nc(C(F)(F)F)c4c3C(F)(F)[C@@H]3CC[C@H]43)ccc(Cl)c12)S(C)(=O)=O. The van der Waals surface area contributed by atoms with E-state index in [9.17, 15) is 61.5 Å². The van der Waals surface area contributed by atoms with Gasteiger partial charge in [-0.05, 0) is 80.8 Å². The molecule has 71 heavy (non-hydrogen) atoms. The highest BCUT2D eigenvalue weighted by atomic mass is 35.5. The fourth-order valence-electron chi connectivity index (χ4n) is 8.47. The van der Waals surface area contributed by atoms with Crippen molar-refractivity contribution in [2.24, 2.45) is 11.3 Å². The highest BCUT2D eigenvalue weighted by molar-refractivity contribution is 7.93. The van der Waals surface area contributed by atoms with Crippen molar-refractivity contribution in [3.05, 3.63) is 93.0 Å². The lowest BCUT2D eigenvalue weighted by atomic mass is 9.73. The van der Waals surface area contributed by atoms with E-state index >= 15 is 8.78 Å². The van der Waals surface area contributed by atoms with E-state index in [0.29, 0.717) is 17.0 Å². The first-order chi connectivity index (χ1) is 32.4. The zero-order valence-corrected chi connectivity index (χ0v) is 40.8. The van der Waals surface area contributed by atoms with Gasteiger partial charge in [0.1, 0.15) is 40.9 Å². The van der Waals surface area contributed by atoms with Gasteiger partial charge in [0.25, 0.3) is 5.92 Å². The molecule has 0 radical (unpaired) electrons. The summed E-state index contributed by atoms with van der Waals surface area (Å²) in [6.45, 7) is 3.27. The first kappa shape index (κ1) is 53.1. The molecular formula is C45H42ClF10N7O6S2. The molecular weight excluding hydrogens is 1020 g/mol. The van der Waals surface area contributed by atoms with Crippen LogP contribution in [0.25, 0.3) is 22.0 Å². The number of fused-ring (bicyclic) bond motifs is 4. The number of halogens is 11. The summed E-state index contributed by atoms with van der Waals surface area (Å²) in [6.07, 6.45) is -9.63. The Labute approximate surface area is 404 Å². The maximum Gasteiger partial charge on any atom is 0.435 e. The van der Waals surface area contributed by atoms with Crippen molar-refractivity contribution in [2.45, 2.75) is 102 Å². The molecule has 0 saturated heterocycles. The number of sulfonamides is 1. The van der Waals surface area contributed by atoms with Crippen LogP contribution in [0.1, 0.15) is 93.3 Å². The minimum absolute atomic E-state index is 0.00391. The zero-order chi connectivity index (χ0) is 52.9. The fraction of sp³-hybridized carbons (Fsp3) is 0.444. The molecule has 3 aromatic heterocycles. The lowest BCUT2D eigenvalue weighted by Gasteiger charge is -2.34. The molecule has 2 aromatic carbocycles. The molecule has 3 heterocycles. The summed E-state index contributed by atoms with van der Waals surface area (Å²) in [7, 11) is -8.60. The summed E-state index contributed by atoms with van der Waals surface area (Å²) in [6, 6.07) is 4.97. The molecule has 382 valence electrons.